The Morgan fingerprint density at radius 2 is 1.94 bits per heavy atom. The van der Waals surface area contributed by atoms with Crippen LogP contribution in [0.3, 0.4) is 0 Å². The van der Waals surface area contributed by atoms with E-state index in [4.69, 9.17) is 9.84 Å². The molecule has 2 aliphatic rings. The Balaban J connectivity index is 2.17. The molecule has 1 amide bonds. The van der Waals surface area contributed by atoms with Crippen molar-refractivity contribution in [3.8, 4) is 0 Å². The number of hydrogen-bond acceptors (Lipinski definition) is 3. The molecular formula is C11H15F2NO4. The van der Waals surface area contributed by atoms with Gasteiger partial charge in [0.1, 0.15) is 17.7 Å². The van der Waals surface area contributed by atoms with Crippen molar-refractivity contribution in [2.24, 2.45) is 5.92 Å². The van der Waals surface area contributed by atoms with Gasteiger partial charge in [-0.25, -0.2) is 18.4 Å². The predicted octanol–water partition coefficient (Wildman–Crippen LogP) is 1.71. The summed E-state index contributed by atoms with van der Waals surface area (Å²) < 4.78 is 31.5. The number of aliphatic carboxylic acids is 1. The molecule has 1 heterocycles. The molecule has 0 aromatic carbocycles. The zero-order chi connectivity index (χ0) is 13.9. The topological polar surface area (TPSA) is 66.8 Å². The lowest BCUT2D eigenvalue weighted by Gasteiger charge is -2.29. The van der Waals surface area contributed by atoms with E-state index in [1.807, 2.05) is 0 Å². The minimum atomic E-state index is -2.98. The average Bonchev–Trinajstić information content (AvgIpc) is 2.59. The molecule has 2 fully saturated rings. The Morgan fingerprint density at radius 3 is 2.39 bits per heavy atom. The number of ether oxygens (including phenoxy) is 1. The number of carboxylic acids is 1. The van der Waals surface area contributed by atoms with Crippen LogP contribution >= 0.6 is 0 Å². The van der Waals surface area contributed by atoms with Gasteiger partial charge in [0.15, 0.2) is 0 Å². The number of nitrogens with zero attached hydrogens (tertiary/aromatic N) is 1. The van der Waals surface area contributed by atoms with Gasteiger partial charge in [0.05, 0.1) is 5.92 Å². The van der Waals surface area contributed by atoms with Crippen LogP contribution in [0.4, 0.5) is 13.6 Å². The van der Waals surface area contributed by atoms with E-state index in [2.05, 4.69) is 0 Å². The molecule has 3 unspecified atom stereocenters. The summed E-state index contributed by atoms with van der Waals surface area (Å²) in [4.78, 5) is 23.5. The number of carbonyl (C=O) groups excluding carboxylic acids is 1. The van der Waals surface area contributed by atoms with Gasteiger partial charge in [-0.15, -0.1) is 0 Å². The minimum absolute atomic E-state index is 0.216. The molecule has 1 aliphatic heterocycles. The van der Waals surface area contributed by atoms with Gasteiger partial charge in [0, 0.05) is 0 Å². The maximum absolute atomic E-state index is 13.3. The zero-order valence-electron chi connectivity index (χ0n) is 10.3. The van der Waals surface area contributed by atoms with Gasteiger partial charge in [0.25, 0.3) is 5.92 Å². The van der Waals surface area contributed by atoms with Gasteiger partial charge in [0.2, 0.25) is 0 Å². The number of piperidine rings is 1. The van der Waals surface area contributed by atoms with E-state index < -0.39 is 41.6 Å². The van der Waals surface area contributed by atoms with Crippen LogP contribution in [-0.4, -0.2) is 45.7 Å². The molecule has 0 aromatic rings. The lowest BCUT2D eigenvalue weighted by Crippen LogP contribution is -2.47. The normalized spacial score (nSPS) is 32.9. The Labute approximate surface area is 103 Å². The molecule has 0 radical (unpaired) electrons. The highest BCUT2D eigenvalue weighted by Gasteiger charge is 2.78. The first-order valence-electron chi connectivity index (χ1n) is 5.67. The van der Waals surface area contributed by atoms with E-state index in [1.165, 1.54) is 0 Å². The fourth-order valence-electron chi connectivity index (χ4n) is 2.36. The van der Waals surface area contributed by atoms with Crippen LogP contribution in [0.5, 0.6) is 0 Å². The van der Waals surface area contributed by atoms with Crippen molar-refractivity contribution in [1.29, 1.82) is 0 Å². The van der Waals surface area contributed by atoms with E-state index in [0.29, 0.717) is 4.90 Å². The first kappa shape index (κ1) is 13.0. The minimum Gasteiger partial charge on any atom is -0.480 e. The lowest BCUT2D eigenvalue weighted by atomic mass is 10.1. The largest absolute Gasteiger partial charge is 0.480 e. The smallest absolute Gasteiger partial charge is 0.411 e. The van der Waals surface area contributed by atoms with Crippen molar-refractivity contribution in [3.05, 3.63) is 0 Å². The summed E-state index contributed by atoms with van der Waals surface area (Å²) in [5.41, 5.74) is -0.845. The highest BCUT2D eigenvalue weighted by Crippen LogP contribution is 2.60. The summed E-state index contributed by atoms with van der Waals surface area (Å²) in [6.45, 7) is 4.79. The van der Waals surface area contributed by atoms with E-state index in [9.17, 15) is 18.4 Å². The predicted molar refractivity (Wildman–Crippen MR) is 56.3 cm³/mol. The van der Waals surface area contributed by atoms with E-state index in [-0.39, 0.29) is 6.42 Å². The van der Waals surface area contributed by atoms with Crippen molar-refractivity contribution in [3.63, 3.8) is 0 Å². The molecule has 102 valence electrons. The second-order valence-corrected chi connectivity index (χ2v) is 5.70. The second-order valence-electron chi connectivity index (χ2n) is 5.70. The average molecular weight is 263 g/mol. The van der Waals surface area contributed by atoms with Gasteiger partial charge < -0.3 is 9.84 Å². The highest BCUT2D eigenvalue weighted by atomic mass is 19.3. The fraction of sp³-hybridized carbons (Fsp3) is 0.818. The maximum Gasteiger partial charge on any atom is 0.411 e. The molecule has 1 saturated heterocycles. The van der Waals surface area contributed by atoms with Crippen molar-refractivity contribution in [1.82, 2.24) is 4.90 Å². The quantitative estimate of drug-likeness (QED) is 0.782. The van der Waals surface area contributed by atoms with Crippen LogP contribution < -0.4 is 0 Å². The fourth-order valence-corrected chi connectivity index (χ4v) is 2.36. The standard InChI is InChI=1S/C11H15F2NO4/c1-10(2,3)18-9(17)14-6(8(15)16)4-5-7(14)11(5,12)13/h5-7H,4H2,1-3H3,(H,15,16). The molecule has 1 saturated carbocycles. The summed E-state index contributed by atoms with van der Waals surface area (Å²) in [5, 5.41) is 8.95. The zero-order valence-corrected chi connectivity index (χ0v) is 10.3. The first-order valence-corrected chi connectivity index (χ1v) is 5.67. The summed E-state index contributed by atoms with van der Waals surface area (Å²) in [6.07, 6.45) is -1.20. The van der Waals surface area contributed by atoms with Gasteiger partial charge in [-0.05, 0) is 27.2 Å². The number of carbonyl (C=O) groups is 2. The Hall–Kier alpha value is -1.40. The number of alkyl halides is 2. The number of likely N-dealkylation sites (tertiary alicyclic amines) is 1. The third-order valence-electron chi connectivity index (χ3n) is 3.16. The van der Waals surface area contributed by atoms with Crippen molar-refractivity contribution < 1.29 is 28.2 Å². The lowest BCUT2D eigenvalue weighted by molar-refractivity contribution is -0.143. The van der Waals surface area contributed by atoms with Crippen molar-refractivity contribution in [2.45, 2.75) is 50.8 Å². The maximum atomic E-state index is 13.3. The Morgan fingerprint density at radius 1 is 1.39 bits per heavy atom. The molecule has 5 nitrogen and oxygen atoms in total. The van der Waals surface area contributed by atoms with Crippen LogP contribution in [0.25, 0.3) is 0 Å². The summed E-state index contributed by atoms with van der Waals surface area (Å²) in [7, 11) is 0. The number of hydrogen-bond donors (Lipinski definition) is 1. The van der Waals surface area contributed by atoms with E-state index in [1.54, 1.807) is 20.8 Å². The Bertz CT molecular complexity index is 404. The van der Waals surface area contributed by atoms with Crippen molar-refractivity contribution >= 4 is 12.1 Å². The molecular weight excluding hydrogens is 248 g/mol. The molecule has 1 aliphatic carbocycles. The third kappa shape index (κ3) is 1.91. The van der Waals surface area contributed by atoms with Gasteiger partial charge in [-0.2, -0.15) is 0 Å². The molecule has 18 heavy (non-hydrogen) atoms. The summed E-state index contributed by atoms with van der Waals surface area (Å²) >= 11 is 0. The van der Waals surface area contributed by atoms with Gasteiger partial charge in [-0.1, -0.05) is 0 Å². The third-order valence-corrected chi connectivity index (χ3v) is 3.16. The van der Waals surface area contributed by atoms with Crippen LogP contribution in [0.15, 0.2) is 0 Å². The number of rotatable bonds is 1. The first-order chi connectivity index (χ1) is 8.05. The van der Waals surface area contributed by atoms with Gasteiger partial charge in [-0.3, -0.25) is 4.90 Å². The summed E-state index contributed by atoms with van der Waals surface area (Å²) in [5.74, 6) is -5.31. The number of halogens is 2. The number of amides is 1. The van der Waals surface area contributed by atoms with E-state index >= 15 is 0 Å². The number of fused-ring (bicyclic) bond motifs is 1. The monoisotopic (exact) mass is 263 g/mol. The summed E-state index contributed by atoms with van der Waals surface area (Å²) in [6, 6.07) is -2.54. The van der Waals surface area contributed by atoms with Crippen LogP contribution in [0, 0.1) is 5.92 Å². The highest BCUT2D eigenvalue weighted by molar-refractivity contribution is 5.82. The molecule has 0 aromatic heterocycles. The number of carboxylic acid groups (broad SMARTS) is 1. The van der Waals surface area contributed by atoms with E-state index in [0.717, 1.165) is 0 Å². The molecule has 7 heteroatoms. The molecule has 1 N–H and O–H groups in total. The Kier molecular flexibility index (Phi) is 2.57. The van der Waals surface area contributed by atoms with Crippen LogP contribution in [0.2, 0.25) is 0 Å². The van der Waals surface area contributed by atoms with Crippen molar-refractivity contribution in [2.75, 3.05) is 0 Å². The second kappa shape index (κ2) is 3.55. The molecule has 0 bridgehead atoms. The molecule has 2 rings (SSSR count). The van der Waals surface area contributed by atoms with Crippen LogP contribution in [0.1, 0.15) is 27.2 Å². The van der Waals surface area contributed by atoms with Crippen LogP contribution in [-0.2, 0) is 9.53 Å². The molecule has 3 atom stereocenters. The SMILES string of the molecule is CC(C)(C)OC(=O)N1C(C(=O)O)CC2C1C2(F)F. The molecule has 0 spiro atoms. The van der Waals surface area contributed by atoms with Gasteiger partial charge >= 0.3 is 12.1 Å².